The van der Waals surface area contributed by atoms with Crippen LogP contribution >= 0.6 is 11.6 Å². The fourth-order valence-electron chi connectivity index (χ4n) is 3.25. The molecular formula is C25H20ClN3O3. The molecule has 1 heterocycles. The zero-order valence-corrected chi connectivity index (χ0v) is 18.3. The van der Waals surface area contributed by atoms with Gasteiger partial charge in [0.2, 0.25) is 0 Å². The van der Waals surface area contributed by atoms with Gasteiger partial charge in [-0.15, -0.1) is 5.10 Å². The van der Waals surface area contributed by atoms with Gasteiger partial charge in [-0.2, -0.15) is 0 Å². The molecule has 0 bridgehead atoms. The number of esters is 1. The maximum absolute atomic E-state index is 12.7. The number of aryl methyl sites for hydroxylation is 2. The lowest BCUT2D eigenvalue weighted by Crippen LogP contribution is -2.15. The van der Waals surface area contributed by atoms with Gasteiger partial charge in [-0.05, 0) is 37.6 Å². The molecule has 0 radical (unpaired) electrons. The summed E-state index contributed by atoms with van der Waals surface area (Å²) in [7, 11) is 0. The van der Waals surface area contributed by atoms with Crippen LogP contribution in [0.1, 0.15) is 32.1 Å². The minimum absolute atomic E-state index is 0.137. The van der Waals surface area contributed by atoms with Gasteiger partial charge in [0.1, 0.15) is 0 Å². The molecule has 0 aliphatic rings. The zero-order valence-electron chi connectivity index (χ0n) is 17.6. The van der Waals surface area contributed by atoms with Crippen molar-refractivity contribution in [3.8, 4) is 17.1 Å². The minimum Gasteiger partial charge on any atom is -0.451 e. The van der Waals surface area contributed by atoms with E-state index in [0.29, 0.717) is 22.1 Å². The molecule has 0 aliphatic carbocycles. The molecule has 4 rings (SSSR count). The topological polar surface area (TPSA) is 74.1 Å². The summed E-state index contributed by atoms with van der Waals surface area (Å²) in [6.07, 6.45) is 0. The number of ketones is 1. The Hall–Kier alpha value is -3.77. The highest BCUT2D eigenvalue weighted by Crippen LogP contribution is 2.26. The van der Waals surface area contributed by atoms with Crippen molar-refractivity contribution in [2.24, 2.45) is 0 Å². The predicted octanol–water partition coefficient (Wildman–Crippen LogP) is 5.24. The van der Waals surface area contributed by atoms with Crippen molar-refractivity contribution in [1.29, 1.82) is 0 Å². The van der Waals surface area contributed by atoms with Gasteiger partial charge in [0.25, 0.3) is 5.82 Å². The Balaban J connectivity index is 1.68. The largest absolute Gasteiger partial charge is 0.451 e. The van der Waals surface area contributed by atoms with Gasteiger partial charge in [0.15, 0.2) is 18.2 Å². The number of halogens is 1. The van der Waals surface area contributed by atoms with Crippen molar-refractivity contribution in [2.75, 3.05) is 6.61 Å². The fraction of sp³-hybridized carbons (Fsp3) is 0.120. The first-order chi connectivity index (χ1) is 15.4. The number of carbonyl (C=O) groups is 2. The van der Waals surface area contributed by atoms with E-state index in [0.717, 1.165) is 16.7 Å². The van der Waals surface area contributed by atoms with Gasteiger partial charge in [-0.25, -0.2) is 14.5 Å². The molecule has 0 N–H and O–H groups in total. The van der Waals surface area contributed by atoms with Gasteiger partial charge >= 0.3 is 5.97 Å². The summed E-state index contributed by atoms with van der Waals surface area (Å²) in [6, 6.07) is 21.8. The lowest BCUT2D eigenvalue weighted by molar-refractivity contribution is 0.0462. The standard InChI is InChI=1S/C25H20ClN3O3/c1-16-7-6-10-19(13-16)24-27-23(28-29(24)21-14-20(26)12-11-17(21)2)25(31)32-15-22(30)18-8-4-3-5-9-18/h3-14H,15H2,1-2H3. The number of nitrogens with zero attached hydrogens (tertiary/aromatic N) is 3. The van der Waals surface area contributed by atoms with Crippen LogP contribution in [0, 0.1) is 13.8 Å². The molecule has 0 spiro atoms. The van der Waals surface area contributed by atoms with Crippen LogP contribution in [0.25, 0.3) is 17.1 Å². The third-order valence-corrected chi connectivity index (χ3v) is 5.13. The van der Waals surface area contributed by atoms with Crippen LogP contribution in [0.5, 0.6) is 0 Å². The monoisotopic (exact) mass is 445 g/mol. The third kappa shape index (κ3) is 4.60. The first-order valence-corrected chi connectivity index (χ1v) is 10.4. The molecule has 0 fully saturated rings. The molecule has 0 aliphatic heterocycles. The predicted molar refractivity (Wildman–Crippen MR) is 122 cm³/mol. The van der Waals surface area contributed by atoms with Gasteiger partial charge in [0, 0.05) is 16.1 Å². The van der Waals surface area contributed by atoms with Crippen LogP contribution in [0.4, 0.5) is 0 Å². The number of ether oxygens (including phenoxy) is 1. The van der Waals surface area contributed by atoms with Crippen molar-refractivity contribution in [2.45, 2.75) is 13.8 Å². The average molecular weight is 446 g/mol. The summed E-state index contributed by atoms with van der Waals surface area (Å²) in [4.78, 5) is 29.4. The van der Waals surface area contributed by atoms with E-state index in [9.17, 15) is 9.59 Å². The molecule has 1 aromatic heterocycles. The molecule has 0 unspecified atom stereocenters. The molecule has 3 aromatic carbocycles. The number of rotatable bonds is 6. The van der Waals surface area contributed by atoms with Crippen LogP contribution in [0.3, 0.4) is 0 Å². The molecule has 160 valence electrons. The summed E-state index contributed by atoms with van der Waals surface area (Å²) < 4.78 is 6.78. The second-order valence-electron chi connectivity index (χ2n) is 7.34. The Morgan fingerprint density at radius 1 is 0.969 bits per heavy atom. The van der Waals surface area contributed by atoms with Crippen LogP contribution < -0.4 is 0 Å². The molecule has 32 heavy (non-hydrogen) atoms. The van der Waals surface area contributed by atoms with Crippen LogP contribution in [-0.4, -0.2) is 33.1 Å². The van der Waals surface area contributed by atoms with Crippen LogP contribution in [0.2, 0.25) is 5.02 Å². The van der Waals surface area contributed by atoms with Gasteiger partial charge in [-0.3, -0.25) is 4.79 Å². The normalized spacial score (nSPS) is 10.7. The maximum Gasteiger partial charge on any atom is 0.378 e. The van der Waals surface area contributed by atoms with E-state index in [1.54, 1.807) is 41.1 Å². The highest BCUT2D eigenvalue weighted by atomic mass is 35.5. The Bertz CT molecular complexity index is 1300. The Labute approximate surface area is 190 Å². The van der Waals surface area contributed by atoms with Gasteiger partial charge in [0.05, 0.1) is 5.69 Å². The van der Waals surface area contributed by atoms with Crippen molar-refractivity contribution in [1.82, 2.24) is 14.8 Å². The summed E-state index contributed by atoms with van der Waals surface area (Å²) in [5, 5.41) is 4.94. The van der Waals surface area contributed by atoms with E-state index < -0.39 is 12.6 Å². The van der Waals surface area contributed by atoms with E-state index in [4.69, 9.17) is 16.3 Å². The molecule has 0 saturated carbocycles. The summed E-state index contributed by atoms with van der Waals surface area (Å²) in [6.45, 7) is 3.50. The van der Waals surface area contributed by atoms with E-state index in [-0.39, 0.29) is 11.6 Å². The number of hydrogen-bond donors (Lipinski definition) is 0. The molecular weight excluding hydrogens is 426 g/mol. The molecule has 0 amide bonds. The smallest absolute Gasteiger partial charge is 0.378 e. The lowest BCUT2D eigenvalue weighted by Gasteiger charge is -2.10. The van der Waals surface area contributed by atoms with Crippen LogP contribution in [-0.2, 0) is 4.74 Å². The summed E-state index contributed by atoms with van der Waals surface area (Å²) in [5.41, 5.74) is 3.90. The first kappa shape index (κ1) is 21.5. The van der Waals surface area contributed by atoms with Gasteiger partial charge in [-0.1, -0.05) is 71.8 Å². The second kappa shape index (κ2) is 9.16. The van der Waals surface area contributed by atoms with E-state index in [2.05, 4.69) is 10.1 Å². The maximum atomic E-state index is 12.7. The fourth-order valence-corrected chi connectivity index (χ4v) is 3.42. The number of carbonyl (C=O) groups excluding carboxylic acids is 2. The Morgan fingerprint density at radius 2 is 1.75 bits per heavy atom. The zero-order chi connectivity index (χ0) is 22.7. The van der Waals surface area contributed by atoms with Gasteiger partial charge < -0.3 is 4.74 Å². The first-order valence-electron chi connectivity index (χ1n) is 9.98. The average Bonchev–Trinajstić information content (AvgIpc) is 3.25. The minimum atomic E-state index is -0.776. The molecule has 0 saturated heterocycles. The van der Waals surface area contributed by atoms with Crippen LogP contribution in [0.15, 0.2) is 72.8 Å². The Kier molecular flexibility index (Phi) is 6.14. The van der Waals surface area contributed by atoms with E-state index in [1.807, 2.05) is 50.2 Å². The Morgan fingerprint density at radius 3 is 2.50 bits per heavy atom. The second-order valence-corrected chi connectivity index (χ2v) is 7.77. The molecule has 4 aromatic rings. The van der Waals surface area contributed by atoms with Crippen molar-refractivity contribution in [3.63, 3.8) is 0 Å². The highest BCUT2D eigenvalue weighted by Gasteiger charge is 2.22. The molecule has 0 atom stereocenters. The summed E-state index contributed by atoms with van der Waals surface area (Å²) in [5.74, 6) is -0.744. The van der Waals surface area contributed by atoms with Crippen molar-refractivity contribution < 1.29 is 14.3 Å². The van der Waals surface area contributed by atoms with E-state index in [1.165, 1.54) is 0 Å². The quantitative estimate of drug-likeness (QED) is 0.299. The molecule has 7 heteroatoms. The third-order valence-electron chi connectivity index (χ3n) is 4.90. The number of benzene rings is 3. The van der Waals surface area contributed by atoms with Crippen molar-refractivity contribution in [3.05, 3.63) is 100 Å². The highest BCUT2D eigenvalue weighted by molar-refractivity contribution is 6.30. The summed E-state index contributed by atoms with van der Waals surface area (Å²) >= 11 is 6.21. The lowest BCUT2D eigenvalue weighted by atomic mass is 10.1. The number of aromatic nitrogens is 3. The SMILES string of the molecule is Cc1cccc(-c2nc(C(=O)OCC(=O)c3ccccc3)nn2-c2cc(Cl)ccc2C)c1. The molecule has 6 nitrogen and oxygen atoms in total. The number of Topliss-reactive ketones (excluding diaryl/α,β-unsaturated/α-hetero) is 1. The van der Waals surface area contributed by atoms with Crippen molar-refractivity contribution >= 4 is 23.4 Å². The van der Waals surface area contributed by atoms with E-state index >= 15 is 0 Å². The number of hydrogen-bond acceptors (Lipinski definition) is 5.